The zero-order valence-electron chi connectivity index (χ0n) is 11.2. The summed E-state index contributed by atoms with van der Waals surface area (Å²) >= 11 is 0. The van der Waals surface area contributed by atoms with Crippen molar-refractivity contribution >= 4 is 11.4 Å². The molecule has 6 nitrogen and oxygen atoms in total. The van der Waals surface area contributed by atoms with Crippen LogP contribution in [0.3, 0.4) is 0 Å². The molecule has 0 fully saturated rings. The monoisotopic (exact) mass is 276 g/mol. The number of hydrogen-bond acceptors (Lipinski definition) is 5. The van der Waals surface area contributed by atoms with Crippen LogP contribution in [0.4, 0.5) is 11.4 Å². The van der Waals surface area contributed by atoms with Gasteiger partial charge in [0, 0.05) is 17.8 Å². The second-order valence-electron chi connectivity index (χ2n) is 4.22. The summed E-state index contributed by atoms with van der Waals surface area (Å²) in [5.41, 5.74) is 0.722. The summed E-state index contributed by atoms with van der Waals surface area (Å²) in [5.74, 6) is 1.07. The van der Waals surface area contributed by atoms with Crippen molar-refractivity contribution in [2.24, 2.45) is 0 Å². The van der Waals surface area contributed by atoms with Gasteiger partial charge in [0.15, 0.2) is 5.75 Å². The van der Waals surface area contributed by atoms with E-state index in [1.54, 1.807) is 18.4 Å². The van der Waals surface area contributed by atoms with Gasteiger partial charge in [0.2, 0.25) is 0 Å². The van der Waals surface area contributed by atoms with E-state index in [0.717, 1.165) is 17.9 Å². The summed E-state index contributed by atoms with van der Waals surface area (Å²) in [6.07, 6.45) is 2.39. The quantitative estimate of drug-likeness (QED) is 0.617. The van der Waals surface area contributed by atoms with Crippen LogP contribution >= 0.6 is 0 Å². The van der Waals surface area contributed by atoms with Crippen LogP contribution in [0.15, 0.2) is 41.0 Å². The molecule has 0 saturated heterocycles. The average molecular weight is 276 g/mol. The Bertz CT molecular complexity index is 567. The molecule has 0 aliphatic carbocycles. The molecule has 0 saturated carbocycles. The first-order valence-corrected chi connectivity index (χ1v) is 6.38. The maximum atomic E-state index is 10.9. The van der Waals surface area contributed by atoms with Gasteiger partial charge >= 0.3 is 5.69 Å². The van der Waals surface area contributed by atoms with Crippen LogP contribution in [0.25, 0.3) is 0 Å². The predicted molar refractivity (Wildman–Crippen MR) is 74.9 cm³/mol. The van der Waals surface area contributed by atoms with Crippen molar-refractivity contribution in [3.8, 4) is 5.75 Å². The molecule has 1 aromatic heterocycles. The van der Waals surface area contributed by atoms with Crippen molar-refractivity contribution in [3.63, 3.8) is 0 Å². The molecular formula is C14H16N2O4. The summed E-state index contributed by atoms with van der Waals surface area (Å²) in [7, 11) is 0. The minimum atomic E-state index is -0.443. The number of furan rings is 1. The number of nitro benzene ring substituents is 1. The summed E-state index contributed by atoms with van der Waals surface area (Å²) in [5, 5.41) is 14.1. The Morgan fingerprint density at radius 1 is 1.40 bits per heavy atom. The van der Waals surface area contributed by atoms with Crippen LogP contribution in [-0.2, 0) is 6.54 Å². The van der Waals surface area contributed by atoms with E-state index >= 15 is 0 Å². The van der Waals surface area contributed by atoms with Gasteiger partial charge in [-0.2, -0.15) is 0 Å². The van der Waals surface area contributed by atoms with E-state index in [4.69, 9.17) is 9.15 Å². The second-order valence-corrected chi connectivity index (χ2v) is 4.22. The molecule has 1 N–H and O–H groups in total. The van der Waals surface area contributed by atoms with Crippen LogP contribution in [0.1, 0.15) is 19.1 Å². The lowest BCUT2D eigenvalue weighted by molar-refractivity contribution is -0.385. The Hall–Kier alpha value is -2.50. The number of nitrogens with one attached hydrogen (secondary N) is 1. The van der Waals surface area contributed by atoms with Gasteiger partial charge in [-0.25, -0.2) is 0 Å². The van der Waals surface area contributed by atoms with Crippen LogP contribution in [-0.4, -0.2) is 11.5 Å². The normalized spacial score (nSPS) is 10.2. The fourth-order valence-electron chi connectivity index (χ4n) is 1.70. The van der Waals surface area contributed by atoms with Gasteiger partial charge in [-0.1, -0.05) is 6.92 Å². The van der Waals surface area contributed by atoms with Crippen LogP contribution < -0.4 is 10.1 Å². The van der Waals surface area contributed by atoms with E-state index in [-0.39, 0.29) is 11.4 Å². The molecule has 0 unspecified atom stereocenters. The predicted octanol–water partition coefficient (Wildman–Crippen LogP) is 3.59. The first-order valence-electron chi connectivity index (χ1n) is 6.38. The van der Waals surface area contributed by atoms with Gasteiger partial charge in [-0.3, -0.25) is 10.1 Å². The van der Waals surface area contributed by atoms with Crippen molar-refractivity contribution in [2.45, 2.75) is 19.9 Å². The molecule has 0 atom stereocenters. The standard InChI is InChI=1S/C14H16N2O4/c1-2-7-20-14-9-11(5-6-13(14)16(17)18)15-10-12-4-3-8-19-12/h3-6,8-9,15H,2,7,10H2,1H3. The summed E-state index contributed by atoms with van der Waals surface area (Å²) in [4.78, 5) is 10.5. The Morgan fingerprint density at radius 3 is 2.90 bits per heavy atom. The van der Waals surface area contributed by atoms with Crippen LogP contribution in [0.5, 0.6) is 5.75 Å². The molecule has 1 heterocycles. The highest BCUT2D eigenvalue weighted by Gasteiger charge is 2.15. The zero-order chi connectivity index (χ0) is 14.4. The highest BCUT2D eigenvalue weighted by atomic mass is 16.6. The molecule has 2 aromatic rings. The van der Waals surface area contributed by atoms with Gasteiger partial charge in [-0.05, 0) is 24.6 Å². The van der Waals surface area contributed by atoms with Crippen molar-refractivity contribution in [3.05, 3.63) is 52.5 Å². The number of rotatable bonds is 7. The fourth-order valence-corrected chi connectivity index (χ4v) is 1.70. The lowest BCUT2D eigenvalue weighted by Gasteiger charge is -2.09. The third kappa shape index (κ3) is 3.50. The van der Waals surface area contributed by atoms with Crippen molar-refractivity contribution in [1.82, 2.24) is 0 Å². The van der Waals surface area contributed by atoms with E-state index in [0.29, 0.717) is 13.2 Å². The maximum absolute atomic E-state index is 10.9. The molecule has 6 heteroatoms. The van der Waals surface area contributed by atoms with Crippen LogP contribution in [0, 0.1) is 10.1 Å². The van der Waals surface area contributed by atoms with Crippen molar-refractivity contribution < 1.29 is 14.1 Å². The average Bonchev–Trinajstić information content (AvgIpc) is 2.96. The maximum Gasteiger partial charge on any atom is 0.311 e. The SMILES string of the molecule is CCCOc1cc(NCc2ccco2)ccc1[N+](=O)[O-]. The lowest BCUT2D eigenvalue weighted by atomic mass is 10.2. The highest BCUT2D eigenvalue weighted by Crippen LogP contribution is 2.30. The molecule has 0 amide bonds. The van der Waals surface area contributed by atoms with Gasteiger partial charge in [0.1, 0.15) is 5.76 Å². The molecule has 1 aromatic carbocycles. The fraction of sp³-hybridized carbons (Fsp3) is 0.286. The number of benzene rings is 1. The molecule has 20 heavy (non-hydrogen) atoms. The Kier molecular flexibility index (Phi) is 4.60. The summed E-state index contributed by atoms with van der Waals surface area (Å²) in [6, 6.07) is 8.39. The molecule has 0 spiro atoms. The highest BCUT2D eigenvalue weighted by molar-refractivity contribution is 5.58. The lowest BCUT2D eigenvalue weighted by Crippen LogP contribution is -2.02. The molecular weight excluding hydrogens is 260 g/mol. The molecule has 2 rings (SSSR count). The minimum absolute atomic E-state index is 0.0259. The largest absolute Gasteiger partial charge is 0.487 e. The molecule has 0 radical (unpaired) electrons. The number of nitro groups is 1. The minimum Gasteiger partial charge on any atom is -0.487 e. The van der Waals surface area contributed by atoms with E-state index in [1.807, 2.05) is 19.1 Å². The zero-order valence-corrected chi connectivity index (χ0v) is 11.2. The number of hydrogen-bond donors (Lipinski definition) is 1. The van der Waals surface area contributed by atoms with E-state index in [2.05, 4.69) is 5.32 Å². The van der Waals surface area contributed by atoms with Gasteiger partial charge < -0.3 is 14.5 Å². The number of anilines is 1. The third-order valence-electron chi connectivity index (χ3n) is 2.67. The van der Waals surface area contributed by atoms with E-state index in [9.17, 15) is 10.1 Å². The summed E-state index contributed by atoms with van der Waals surface area (Å²) in [6.45, 7) is 2.91. The second kappa shape index (κ2) is 6.60. The Labute approximate surface area is 116 Å². The van der Waals surface area contributed by atoms with E-state index in [1.165, 1.54) is 6.07 Å². The van der Waals surface area contributed by atoms with Gasteiger partial charge in [0.25, 0.3) is 0 Å². The van der Waals surface area contributed by atoms with Crippen molar-refractivity contribution in [2.75, 3.05) is 11.9 Å². The van der Waals surface area contributed by atoms with Crippen molar-refractivity contribution in [1.29, 1.82) is 0 Å². The first kappa shape index (κ1) is 13.9. The number of nitrogens with zero attached hydrogens (tertiary/aromatic N) is 1. The van der Waals surface area contributed by atoms with Gasteiger partial charge in [-0.15, -0.1) is 0 Å². The van der Waals surface area contributed by atoms with Gasteiger partial charge in [0.05, 0.1) is 24.3 Å². The molecule has 0 aliphatic rings. The number of ether oxygens (including phenoxy) is 1. The molecule has 0 bridgehead atoms. The summed E-state index contributed by atoms with van der Waals surface area (Å²) < 4.78 is 10.6. The Balaban J connectivity index is 2.11. The van der Waals surface area contributed by atoms with E-state index < -0.39 is 4.92 Å². The smallest absolute Gasteiger partial charge is 0.311 e. The molecule has 106 valence electrons. The first-order chi connectivity index (χ1) is 9.70. The molecule has 0 aliphatic heterocycles. The Morgan fingerprint density at radius 2 is 2.25 bits per heavy atom. The van der Waals surface area contributed by atoms with Crippen LogP contribution in [0.2, 0.25) is 0 Å². The third-order valence-corrected chi connectivity index (χ3v) is 2.67. The topological polar surface area (TPSA) is 77.5 Å².